The first kappa shape index (κ1) is 14.3. The second-order valence-corrected chi connectivity index (χ2v) is 5.56. The first-order valence-electron chi connectivity index (χ1n) is 7.01. The number of carbonyl (C=O) groups is 2. The van der Waals surface area contributed by atoms with Crippen molar-refractivity contribution in [2.24, 2.45) is 11.8 Å². The van der Waals surface area contributed by atoms with Crippen LogP contribution in [0.4, 0.5) is 0 Å². The van der Waals surface area contributed by atoms with E-state index in [0.29, 0.717) is 19.0 Å². The highest BCUT2D eigenvalue weighted by atomic mass is 16.4. The molecule has 1 amide bonds. The van der Waals surface area contributed by atoms with Crippen LogP contribution in [-0.4, -0.2) is 72.6 Å². The van der Waals surface area contributed by atoms with Gasteiger partial charge in [-0.25, -0.2) is 0 Å². The first-order chi connectivity index (χ1) is 9.08. The van der Waals surface area contributed by atoms with Gasteiger partial charge in [0.15, 0.2) is 0 Å². The average molecular weight is 269 g/mol. The maximum Gasteiger partial charge on any atom is 0.317 e. The SMILES string of the molecule is CC(C(=O)N1CCCN(CC(=O)O)CC1)C1CNC1. The number of carboxylic acids is 1. The van der Waals surface area contributed by atoms with E-state index in [1.54, 1.807) is 0 Å². The van der Waals surface area contributed by atoms with Gasteiger partial charge in [0.05, 0.1) is 6.54 Å². The molecule has 2 aliphatic rings. The van der Waals surface area contributed by atoms with Crippen LogP contribution in [-0.2, 0) is 9.59 Å². The van der Waals surface area contributed by atoms with Crippen LogP contribution < -0.4 is 5.32 Å². The number of carbonyl (C=O) groups excluding carboxylic acids is 1. The molecular formula is C13H23N3O3. The molecule has 6 heteroatoms. The number of nitrogens with one attached hydrogen (secondary N) is 1. The summed E-state index contributed by atoms with van der Waals surface area (Å²) in [7, 11) is 0. The zero-order chi connectivity index (χ0) is 13.8. The summed E-state index contributed by atoms with van der Waals surface area (Å²) in [5, 5.41) is 12.0. The summed E-state index contributed by atoms with van der Waals surface area (Å²) < 4.78 is 0. The van der Waals surface area contributed by atoms with Gasteiger partial charge in [-0.1, -0.05) is 6.92 Å². The Labute approximate surface area is 113 Å². The third-order valence-electron chi connectivity index (χ3n) is 4.17. The van der Waals surface area contributed by atoms with Crippen molar-refractivity contribution in [2.75, 3.05) is 45.8 Å². The Bertz CT molecular complexity index is 344. The van der Waals surface area contributed by atoms with E-state index in [1.165, 1.54) is 0 Å². The zero-order valence-electron chi connectivity index (χ0n) is 11.5. The molecule has 19 heavy (non-hydrogen) atoms. The molecule has 0 aromatic rings. The van der Waals surface area contributed by atoms with Crippen LogP contribution >= 0.6 is 0 Å². The fourth-order valence-electron chi connectivity index (χ4n) is 2.69. The molecule has 0 saturated carbocycles. The molecule has 2 fully saturated rings. The summed E-state index contributed by atoms with van der Waals surface area (Å²) in [6.45, 7) is 6.77. The van der Waals surface area contributed by atoms with Crippen molar-refractivity contribution in [1.29, 1.82) is 0 Å². The van der Waals surface area contributed by atoms with Crippen LogP contribution in [0.25, 0.3) is 0 Å². The number of nitrogens with zero attached hydrogens (tertiary/aromatic N) is 2. The maximum absolute atomic E-state index is 12.4. The van der Waals surface area contributed by atoms with Gasteiger partial charge in [0.25, 0.3) is 0 Å². The Morgan fingerprint density at radius 2 is 2.00 bits per heavy atom. The number of carboxylic acid groups (broad SMARTS) is 1. The van der Waals surface area contributed by atoms with Gasteiger partial charge in [0.1, 0.15) is 0 Å². The van der Waals surface area contributed by atoms with E-state index in [1.807, 2.05) is 16.7 Å². The van der Waals surface area contributed by atoms with E-state index in [2.05, 4.69) is 5.32 Å². The molecule has 2 heterocycles. The van der Waals surface area contributed by atoms with E-state index in [0.717, 1.165) is 32.6 Å². The van der Waals surface area contributed by atoms with E-state index < -0.39 is 5.97 Å². The summed E-state index contributed by atoms with van der Waals surface area (Å²) in [6.07, 6.45) is 0.856. The van der Waals surface area contributed by atoms with Gasteiger partial charge in [0, 0.05) is 32.1 Å². The number of amides is 1. The Balaban J connectivity index is 1.84. The Morgan fingerprint density at radius 1 is 1.26 bits per heavy atom. The molecule has 2 N–H and O–H groups in total. The molecule has 0 radical (unpaired) electrons. The second kappa shape index (κ2) is 6.34. The highest BCUT2D eigenvalue weighted by Gasteiger charge is 2.32. The van der Waals surface area contributed by atoms with Gasteiger partial charge in [-0.3, -0.25) is 14.5 Å². The van der Waals surface area contributed by atoms with Crippen molar-refractivity contribution < 1.29 is 14.7 Å². The quantitative estimate of drug-likeness (QED) is 0.717. The van der Waals surface area contributed by atoms with Crippen LogP contribution in [0, 0.1) is 11.8 Å². The van der Waals surface area contributed by atoms with E-state index in [-0.39, 0.29) is 18.4 Å². The largest absolute Gasteiger partial charge is 0.480 e. The fraction of sp³-hybridized carbons (Fsp3) is 0.846. The molecule has 1 unspecified atom stereocenters. The predicted octanol–water partition coefficient (Wildman–Crippen LogP) is -0.539. The Kier molecular flexibility index (Phi) is 4.76. The minimum absolute atomic E-state index is 0.0735. The molecule has 0 bridgehead atoms. The zero-order valence-corrected chi connectivity index (χ0v) is 11.5. The fourth-order valence-corrected chi connectivity index (χ4v) is 2.69. The Morgan fingerprint density at radius 3 is 2.58 bits per heavy atom. The van der Waals surface area contributed by atoms with Crippen LogP contribution in [0.1, 0.15) is 13.3 Å². The monoisotopic (exact) mass is 269 g/mol. The summed E-state index contributed by atoms with van der Waals surface area (Å²) >= 11 is 0. The highest BCUT2D eigenvalue weighted by molar-refractivity contribution is 5.79. The highest BCUT2D eigenvalue weighted by Crippen LogP contribution is 2.19. The molecule has 0 spiro atoms. The normalized spacial score (nSPS) is 23.5. The number of aliphatic carboxylic acids is 1. The standard InChI is InChI=1S/C13H23N3O3/c1-10(11-7-14-8-11)13(19)16-4-2-3-15(5-6-16)9-12(17)18/h10-11,14H,2-9H2,1H3,(H,17,18). The maximum atomic E-state index is 12.4. The van der Waals surface area contributed by atoms with Crippen LogP contribution in [0.15, 0.2) is 0 Å². The van der Waals surface area contributed by atoms with Crippen molar-refractivity contribution in [3.05, 3.63) is 0 Å². The molecule has 0 aromatic carbocycles. The lowest BCUT2D eigenvalue weighted by Gasteiger charge is -2.34. The lowest BCUT2D eigenvalue weighted by Crippen LogP contribution is -2.51. The summed E-state index contributed by atoms with van der Waals surface area (Å²) in [5.41, 5.74) is 0. The number of hydrogen-bond donors (Lipinski definition) is 2. The molecular weight excluding hydrogens is 246 g/mol. The van der Waals surface area contributed by atoms with Crippen molar-refractivity contribution in [3.8, 4) is 0 Å². The van der Waals surface area contributed by atoms with Gasteiger partial charge in [-0.15, -0.1) is 0 Å². The number of hydrogen-bond acceptors (Lipinski definition) is 4. The van der Waals surface area contributed by atoms with Gasteiger partial charge < -0.3 is 15.3 Å². The van der Waals surface area contributed by atoms with Gasteiger partial charge in [-0.05, 0) is 25.4 Å². The van der Waals surface area contributed by atoms with Gasteiger partial charge in [-0.2, -0.15) is 0 Å². The lowest BCUT2D eigenvalue weighted by molar-refractivity contribution is -0.138. The first-order valence-corrected chi connectivity index (χ1v) is 7.01. The van der Waals surface area contributed by atoms with Crippen LogP contribution in [0.3, 0.4) is 0 Å². The second-order valence-electron chi connectivity index (χ2n) is 5.56. The van der Waals surface area contributed by atoms with E-state index in [4.69, 9.17) is 5.11 Å². The van der Waals surface area contributed by atoms with Gasteiger partial charge in [0.2, 0.25) is 5.91 Å². The van der Waals surface area contributed by atoms with Crippen LogP contribution in [0.2, 0.25) is 0 Å². The summed E-state index contributed by atoms with van der Waals surface area (Å²) in [5.74, 6) is -0.0319. The van der Waals surface area contributed by atoms with E-state index in [9.17, 15) is 9.59 Å². The van der Waals surface area contributed by atoms with Crippen molar-refractivity contribution in [3.63, 3.8) is 0 Å². The third kappa shape index (κ3) is 3.67. The molecule has 108 valence electrons. The molecule has 0 aliphatic carbocycles. The van der Waals surface area contributed by atoms with Gasteiger partial charge >= 0.3 is 5.97 Å². The number of rotatable bonds is 4. The predicted molar refractivity (Wildman–Crippen MR) is 70.8 cm³/mol. The summed E-state index contributed by atoms with van der Waals surface area (Å²) in [6, 6.07) is 0. The molecule has 6 nitrogen and oxygen atoms in total. The molecule has 1 atom stereocenters. The molecule has 0 aromatic heterocycles. The minimum atomic E-state index is -0.798. The van der Waals surface area contributed by atoms with Crippen molar-refractivity contribution in [1.82, 2.24) is 15.1 Å². The Hall–Kier alpha value is -1.14. The average Bonchev–Trinajstić information content (AvgIpc) is 2.50. The smallest absolute Gasteiger partial charge is 0.317 e. The molecule has 2 aliphatic heterocycles. The topological polar surface area (TPSA) is 72.9 Å². The van der Waals surface area contributed by atoms with Crippen LogP contribution in [0.5, 0.6) is 0 Å². The minimum Gasteiger partial charge on any atom is -0.480 e. The van der Waals surface area contributed by atoms with E-state index >= 15 is 0 Å². The van der Waals surface area contributed by atoms with Crippen molar-refractivity contribution in [2.45, 2.75) is 13.3 Å². The van der Waals surface area contributed by atoms with Crippen molar-refractivity contribution >= 4 is 11.9 Å². The molecule has 2 rings (SSSR count). The molecule has 2 saturated heterocycles. The summed E-state index contributed by atoms with van der Waals surface area (Å²) in [4.78, 5) is 26.9. The lowest BCUT2D eigenvalue weighted by atomic mass is 9.88. The third-order valence-corrected chi connectivity index (χ3v) is 4.17.